The predicted molar refractivity (Wildman–Crippen MR) is 57.3 cm³/mol. The first-order valence-corrected chi connectivity index (χ1v) is 6.20. The lowest BCUT2D eigenvalue weighted by molar-refractivity contribution is -0.136. The molecule has 0 heterocycles. The zero-order valence-electron chi connectivity index (χ0n) is 8.71. The van der Waals surface area contributed by atoms with Gasteiger partial charge < -0.3 is 9.84 Å². The number of methoxy groups -OCH3 is 1. The van der Waals surface area contributed by atoms with E-state index in [-0.39, 0.29) is 10.6 Å². The number of carbonyl (C=O) groups is 1. The standard InChI is InChI=1S/C10H12O5S/c1-15-8-4-2-3-5-9(8)16(13,14)7-6-10(11)12/h2-5H,6-7H2,1H3,(H,11,12). The highest BCUT2D eigenvalue weighted by atomic mass is 32.2. The molecule has 1 aromatic rings. The Labute approximate surface area is 93.6 Å². The van der Waals surface area contributed by atoms with Gasteiger partial charge in [-0.1, -0.05) is 12.1 Å². The van der Waals surface area contributed by atoms with Gasteiger partial charge in [0, 0.05) is 0 Å². The molecule has 1 N–H and O–H groups in total. The molecule has 88 valence electrons. The van der Waals surface area contributed by atoms with Crippen molar-refractivity contribution in [3.63, 3.8) is 0 Å². The number of carboxylic acids is 1. The van der Waals surface area contributed by atoms with E-state index < -0.39 is 28.0 Å². The molecule has 0 spiro atoms. The van der Waals surface area contributed by atoms with Crippen LogP contribution in [0.4, 0.5) is 0 Å². The highest BCUT2D eigenvalue weighted by Gasteiger charge is 2.19. The third-order valence-corrected chi connectivity index (χ3v) is 3.74. The van der Waals surface area contributed by atoms with Crippen LogP contribution in [0, 0.1) is 0 Å². The maximum atomic E-state index is 11.8. The van der Waals surface area contributed by atoms with Gasteiger partial charge in [-0.05, 0) is 12.1 Å². The maximum Gasteiger partial charge on any atom is 0.304 e. The van der Waals surface area contributed by atoms with Gasteiger partial charge in [0.25, 0.3) is 0 Å². The van der Waals surface area contributed by atoms with Crippen molar-refractivity contribution >= 4 is 15.8 Å². The van der Waals surface area contributed by atoms with Crippen LogP contribution in [-0.2, 0) is 14.6 Å². The smallest absolute Gasteiger partial charge is 0.304 e. The van der Waals surface area contributed by atoms with Crippen molar-refractivity contribution in [3.8, 4) is 5.75 Å². The number of sulfone groups is 1. The van der Waals surface area contributed by atoms with Gasteiger partial charge in [0.1, 0.15) is 10.6 Å². The van der Waals surface area contributed by atoms with Crippen molar-refractivity contribution in [2.45, 2.75) is 11.3 Å². The Hall–Kier alpha value is -1.56. The lowest BCUT2D eigenvalue weighted by Gasteiger charge is -2.07. The Kier molecular flexibility index (Phi) is 3.89. The Morgan fingerprint density at radius 3 is 2.56 bits per heavy atom. The number of rotatable bonds is 5. The van der Waals surface area contributed by atoms with Gasteiger partial charge in [0.2, 0.25) is 0 Å². The summed E-state index contributed by atoms with van der Waals surface area (Å²) in [7, 11) is -2.24. The Morgan fingerprint density at radius 1 is 1.38 bits per heavy atom. The third-order valence-electron chi connectivity index (χ3n) is 1.99. The normalized spacial score (nSPS) is 11.1. The highest BCUT2D eigenvalue weighted by molar-refractivity contribution is 7.91. The van der Waals surface area contributed by atoms with Gasteiger partial charge in [-0.2, -0.15) is 0 Å². The van der Waals surface area contributed by atoms with Crippen molar-refractivity contribution < 1.29 is 23.1 Å². The fraction of sp³-hybridized carbons (Fsp3) is 0.300. The molecule has 0 aliphatic heterocycles. The number of ether oxygens (including phenoxy) is 1. The number of aliphatic carboxylic acids is 1. The summed E-state index contributed by atoms with van der Waals surface area (Å²) in [5, 5.41) is 8.45. The molecular weight excluding hydrogens is 232 g/mol. The second-order valence-corrected chi connectivity index (χ2v) is 5.19. The second-order valence-electron chi connectivity index (χ2n) is 3.11. The molecule has 1 rings (SSSR count). The summed E-state index contributed by atoms with van der Waals surface area (Å²) < 4.78 is 28.5. The van der Waals surface area contributed by atoms with Crippen LogP contribution in [0.2, 0.25) is 0 Å². The summed E-state index contributed by atoms with van der Waals surface area (Å²) in [6.07, 6.45) is -0.416. The van der Waals surface area contributed by atoms with Gasteiger partial charge in [-0.15, -0.1) is 0 Å². The van der Waals surface area contributed by atoms with Crippen LogP contribution >= 0.6 is 0 Å². The van der Waals surface area contributed by atoms with Crippen LogP contribution in [0.15, 0.2) is 29.2 Å². The van der Waals surface area contributed by atoms with Crippen LogP contribution in [0.1, 0.15) is 6.42 Å². The molecule has 0 saturated heterocycles. The van der Waals surface area contributed by atoms with E-state index in [0.717, 1.165) is 0 Å². The highest BCUT2D eigenvalue weighted by Crippen LogP contribution is 2.24. The average Bonchev–Trinajstić information content (AvgIpc) is 2.26. The molecule has 5 nitrogen and oxygen atoms in total. The Morgan fingerprint density at radius 2 is 2.00 bits per heavy atom. The van der Waals surface area contributed by atoms with Gasteiger partial charge in [0.15, 0.2) is 9.84 Å². The zero-order chi connectivity index (χ0) is 12.2. The van der Waals surface area contributed by atoms with Crippen molar-refractivity contribution in [1.82, 2.24) is 0 Å². The molecule has 1 aromatic carbocycles. The summed E-state index contributed by atoms with van der Waals surface area (Å²) in [5.41, 5.74) is 0. The molecule has 0 bridgehead atoms. The van der Waals surface area contributed by atoms with Gasteiger partial charge >= 0.3 is 5.97 Å². The maximum absolute atomic E-state index is 11.8. The van der Waals surface area contributed by atoms with Crippen LogP contribution in [-0.4, -0.2) is 32.4 Å². The van der Waals surface area contributed by atoms with Crippen molar-refractivity contribution in [2.24, 2.45) is 0 Å². The fourth-order valence-corrected chi connectivity index (χ4v) is 2.61. The predicted octanol–water partition coefficient (Wildman–Crippen LogP) is 0.944. The molecule has 0 amide bonds. The van der Waals surface area contributed by atoms with Crippen molar-refractivity contribution in [2.75, 3.05) is 12.9 Å². The minimum atomic E-state index is -3.60. The first-order chi connectivity index (χ1) is 7.47. The molecule has 0 saturated carbocycles. The van der Waals surface area contributed by atoms with Gasteiger partial charge in [-0.25, -0.2) is 8.42 Å². The lowest BCUT2D eigenvalue weighted by Crippen LogP contribution is -2.11. The van der Waals surface area contributed by atoms with Crippen molar-refractivity contribution in [3.05, 3.63) is 24.3 Å². The van der Waals surface area contributed by atoms with E-state index in [9.17, 15) is 13.2 Å². The number of para-hydroxylation sites is 1. The largest absolute Gasteiger partial charge is 0.495 e. The van der Waals surface area contributed by atoms with E-state index in [0.29, 0.717) is 0 Å². The summed E-state index contributed by atoms with van der Waals surface area (Å²) >= 11 is 0. The van der Waals surface area contributed by atoms with E-state index in [1.807, 2.05) is 0 Å². The quantitative estimate of drug-likeness (QED) is 0.833. The molecule has 0 fully saturated rings. The van der Waals surface area contributed by atoms with Crippen molar-refractivity contribution in [1.29, 1.82) is 0 Å². The lowest BCUT2D eigenvalue weighted by atomic mass is 10.3. The monoisotopic (exact) mass is 244 g/mol. The molecule has 0 atom stereocenters. The number of hydrogen-bond donors (Lipinski definition) is 1. The summed E-state index contributed by atoms with van der Waals surface area (Å²) in [6.45, 7) is 0. The van der Waals surface area contributed by atoms with Crippen LogP contribution in [0.5, 0.6) is 5.75 Å². The summed E-state index contributed by atoms with van der Waals surface area (Å²) in [4.78, 5) is 10.4. The first-order valence-electron chi connectivity index (χ1n) is 4.55. The molecular formula is C10H12O5S. The van der Waals surface area contributed by atoms with Crippen LogP contribution in [0.3, 0.4) is 0 Å². The average molecular weight is 244 g/mol. The van der Waals surface area contributed by atoms with Crippen LogP contribution in [0.25, 0.3) is 0 Å². The molecule has 16 heavy (non-hydrogen) atoms. The Bertz CT molecular complexity index is 478. The number of benzene rings is 1. The Balaban J connectivity index is 3.02. The van der Waals surface area contributed by atoms with E-state index in [4.69, 9.17) is 9.84 Å². The van der Waals surface area contributed by atoms with Crippen LogP contribution < -0.4 is 4.74 Å². The minimum absolute atomic E-state index is 0.0266. The molecule has 0 aliphatic carbocycles. The third kappa shape index (κ3) is 2.96. The van der Waals surface area contributed by atoms with E-state index in [2.05, 4.69) is 0 Å². The van der Waals surface area contributed by atoms with E-state index >= 15 is 0 Å². The fourth-order valence-electron chi connectivity index (χ4n) is 1.21. The SMILES string of the molecule is COc1ccccc1S(=O)(=O)CCC(=O)O. The molecule has 0 radical (unpaired) electrons. The first kappa shape index (κ1) is 12.5. The van der Waals surface area contributed by atoms with Gasteiger partial charge in [0.05, 0.1) is 19.3 Å². The van der Waals surface area contributed by atoms with E-state index in [1.165, 1.54) is 19.2 Å². The minimum Gasteiger partial charge on any atom is -0.495 e. The number of carboxylic acid groups (broad SMARTS) is 1. The summed E-state index contributed by atoms with van der Waals surface area (Å²) in [6, 6.07) is 6.13. The van der Waals surface area contributed by atoms with E-state index in [1.54, 1.807) is 12.1 Å². The van der Waals surface area contributed by atoms with Gasteiger partial charge in [-0.3, -0.25) is 4.79 Å². The second kappa shape index (κ2) is 4.98. The number of hydrogen-bond acceptors (Lipinski definition) is 4. The topological polar surface area (TPSA) is 80.7 Å². The zero-order valence-corrected chi connectivity index (χ0v) is 9.53. The summed E-state index contributed by atoms with van der Waals surface area (Å²) in [5.74, 6) is -1.34. The molecule has 0 aromatic heterocycles. The molecule has 0 unspecified atom stereocenters. The molecule has 0 aliphatic rings. The molecule has 6 heteroatoms.